The zero-order valence-corrected chi connectivity index (χ0v) is 23.7. The molecule has 0 bridgehead atoms. The quantitative estimate of drug-likeness (QED) is 0.210. The molecule has 216 valence electrons. The SMILES string of the molecule is CCc1ccccc1C1CCSC1=NC(=O)CC1CC1c1ccc(-c2ncn(-c3ccc(OC(F)(F)F)cc3)n2)cc1. The zero-order chi connectivity index (χ0) is 29.3. The first-order valence-electron chi connectivity index (χ1n) is 14.0. The molecule has 1 aromatic heterocycles. The first-order chi connectivity index (χ1) is 20.3. The minimum absolute atomic E-state index is 0.0322. The minimum Gasteiger partial charge on any atom is -0.406 e. The predicted molar refractivity (Wildman–Crippen MR) is 157 cm³/mol. The van der Waals surface area contributed by atoms with Crippen molar-refractivity contribution in [1.29, 1.82) is 0 Å². The summed E-state index contributed by atoms with van der Waals surface area (Å²) in [4.78, 5) is 21.9. The van der Waals surface area contributed by atoms with E-state index in [4.69, 9.17) is 0 Å². The number of alkyl halides is 3. The van der Waals surface area contributed by atoms with E-state index in [-0.39, 0.29) is 17.6 Å². The summed E-state index contributed by atoms with van der Waals surface area (Å²) in [5, 5.41) is 5.43. The summed E-state index contributed by atoms with van der Waals surface area (Å²) in [6.45, 7) is 2.16. The van der Waals surface area contributed by atoms with Gasteiger partial charge >= 0.3 is 6.36 Å². The Morgan fingerprint density at radius 2 is 1.83 bits per heavy atom. The number of thioether (sulfide) groups is 1. The second kappa shape index (κ2) is 11.8. The van der Waals surface area contributed by atoms with Crippen LogP contribution in [0.25, 0.3) is 17.1 Å². The number of aryl methyl sites for hydroxylation is 1. The highest BCUT2D eigenvalue weighted by atomic mass is 32.2. The van der Waals surface area contributed by atoms with Gasteiger partial charge in [0.25, 0.3) is 0 Å². The zero-order valence-electron chi connectivity index (χ0n) is 22.9. The summed E-state index contributed by atoms with van der Waals surface area (Å²) in [5.41, 5.74) is 5.19. The summed E-state index contributed by atoms with van der Waals surface area (Å²) in [6.07, 6.45) is 0.183. The number of aliphatic imine (C=N–C) groups is 1. The van der Waals surface area contributed by atoms with Gasteiger partial charge in [-0.3, -0.25) is 4.79 Å². The van der Waals surface area contributed by atoms with Crippen molar-refractivity contribution in [3.8, 4) is 22.8 Å². The number of carbonyl (C=O) groups excluding carboxylic acids is 1. The highest BCUT2D eigenvalue weighted by Crippen LogP contribution is 2.50. The van der Waals surface area contributed by atoms with E-state index in [0.717, 1.165) is 35.6 Å². The van der Waals surface area contributed by atoms with Crippen molar-refractivity contribution in [2.45, 2.75) is 50.8 Å². The van der Waals surface area contributed by atoms with Crippen LogP contribution in [-0.4, -0.2) is 37.8 Å². The van der Waals surface area contributed by atoms with Gasteiger partial charge in [-0.05, 0) is 72.1 Å². The number of nitrogens with zero attached hydrogens (tertiary/aromatic N) is 4. The van der Waals surface area contributed by atoms with E-state index >= 15 is 0 Å². The van der Waals surface area contributed by atoms with Crippen LogP contribution in [0.4, 0.5) is 13.2 Å². The van der Waals surface area contributed by atoms with Crippen LogP contribution in [0.5, 0.6) is 5.75 Å². The molecule has 3 aromatic carbocycles. The molecule has 0 N–H and O–H groups in total. The Morgan fingerprint density at radius 3 is 2.57 bits per heavy atom. The van der Waals surface area contributed by atoms with Crippen LogP contribution in [0.3, 0.4) is 0 Å². The van der Waals surface area contributed by atoms with Gasteiger partial charge in [0.2, 0.25) is 5.91 Å². The maximum absolute atomic E-state index is 12.9. The van der Waals surface area contributed by atoms with Crippen molar-refractivity contribution >= 4 is 22.7 Å². The van der Waals surface area contributed by atoms with E-state index in [1.165, 1.54) is 52.0 Å². The normalized spacial score (nSPS) is 21.0. The summed E-state index contributed by atoms with van der Waals surface area (Å²) < 4.78 is 42.6. The fraction of sp³-hybridized carbons (Fsp3) is 0.312. The van der Waals surface area contributed by atoms with E-state index in [2.05, 4.69) is 51.0 Å². The third-order valence-electron chi connectivity index (χ3n) is 7.78. The summed E-state index contributed by atoms with van der Waals surface area (Å²) in [5.74, 6) is 2.01. The number of amides is 1. The molecule has 1 amide bonds. The molecule has 0 radical (unpaired) electrons. The van der Waals surface area contributed by atoms with Gasteiger partial charge in [0.1, 0.15) is 12.1 Å². The highest BCUT2D eigenvalue weighted by molar-refractivity contribution is 8.14. The molecule has 6 nitrogen and oxygen atoms in total. The number of halogens is 3. The Kier molecular flexibility index (Phi) is 7.90. The molecule has 3 unspecified atom stereocenters. The van der Waals surface area contributed by atoms with Crippen LogP contribution >= 0.6 is 11.8 Å². The molecule has 2 fully saturated rings. The summed E-state index contributed by atoms with van der Waals surface area (Å²) >= 11 is 1.71. The van der Waals surface area contributed by atoms with Crippen LogP contribution < -0.4 is 4.74 Å². The van der Waals surface area contributed by atoms with Crippen LogP contribution in [0.1, 0.15) is 54.7 Å². The third-order valence-corrected chi connectivity index (χ3v) is 8.90. The second-order valence-corrected chi connectivity index (χ2v) is 11.7. The third kappa shape index (κ3) is 6.43. The maximum atomic E-state index is 12.9. The lowest BCUT2D eigenvalue weighted by molar-refractivity contribution is -0.274. The predicted octanol–water partition coefficient (Wildman–Crippen LogP) is 7.73. The number of aromatic nitrogens is 3. The van der Waals surface area contributed by atoms with Gasteiger partial charge in [0, 0.05) is 23.7 Å². The van der Waals surface area contributed by atoms with Crippen molar-refractivity contribution in [2.75, 3.05) is 5.75 Å². The monoisotopic (exact) mass is 590 g/mol. The van der Waals surface area contributed by atoms with Crippen LogP contribution in [0.2, 0.25) is 0 Å². The molecule has 6 rings (SSSR count). The molecule has 42 heavy (non-hydrogen) atoms. The van der Waals surface area contributed by atoms with Crippen molar-refractivity contribution in [2.24, 2.45) is 10.9 Å². The number of carbonyl (C=O) groups is 1. The average molecular weight is 591 g/mol. The largest absolute Gasteiger partial charge is 0.573 e. The van der Waals surface area contributed by atoms with E-state index in [1.807, 2.05) is 24.3 Å². The van der Waals surface area contributed by atoms with E-state index in [0.29, 0.717) is 29.8 Å². The summed E-state index contributed by atoms with van der Waals surface area (Å²) in [6, 6.07) is 21.9. The smallest absolute Gasteiger partial charge is 0.406 e. The molecule has 2 heterocycles. The fourth-order valence-electron chi connectivity index (χ4n) is 5.57. The Labute approximate surface area is 246 Å². The molecular formula is C32H29F3N4O2S. The average Bonchev–Trinajstić information content (AvgIpc) is 3.33. The number of rotatable bonds is 8. The lowest BCUT2D eigenvalue weighted by atomic mass is 9.92. The van der Waals surface area contributed by atoms with Crippen molar-refractivity contribution in [3.05, 3.63) is 95.8 Å². The fourth-order valence-corrected chi connectivity index (χ4v) is 6.75. The van der Waals surface area contributed by atoms with Crippen LogP contribution in [0, 0.1) is 5.92 Å². The topological polar surface area (TPSA) is 69.4 Å². The van der Waals surface area contributed by atoms with E-state index in [1.54, 1.807) is 11.8 Å². The second-order valence-electron chi connectivity index (χ2n) is 10.6. The Balaban J connectivity index is 1.06. The van der Waals surface area contributed by atoms with Gasteiger partial charge in [-0.15, -0.1) is 30.0 Å². The number of hydrogen-bond acceptors (Lipinski definition) is 5. The van der Waals surface area contributed by atoms with Gasteiger partial charge in [-0.25, -0.2) is 14.7 Å². The van der Waals surface area contributed by atoms with Gasteiger partial charge in [0.15, 0.2) is 5.82 Å². The molecule has 0 spiro atoms. The lowest BCUT2D eigenvalue weighted by Crippen LogP contribution is -2.17. The molecular weight excluding hydrogens is 561 g/mol. The maximum Gasteiger partial charge on any atom is 0.573 e. The molecule has 10 heteroatoms. The number of benzene rings is 3. The van der Waals surface area contributed by atoms with Crippen molar-refractivity contribution in [1.82, 2.24) is 14.8 Å². The van der Waals surface area contributed by atoms with Gasteiger partial charge < -0.3 is 4.74 Å². The molecule has 2 aliphatic rings. The molecule has 1 saturated heterocycles. The van der Waals surface area contributed by atoms with Crippen LogP contribution in [0.15, 0.2) is 84.1 Å². The first kappa shape index (κ1) is 28.2. The lowest BCUT2D eigenvalue weighted by Gasteiger charge is -2.14. The number of hydrogen-bond donors (Lipinski definition) is 0. The van der Waals surface area contributed by atoms with Crippen molar-refractivity contribution < 1.29 is 22.7 Å². The number of ether oxygens (including phenoxy) is 1. The Bertz CT molecular complexity index is 1600. The standard InChI is InChI=1S/C32H29F3N4O2S/c1-2-20-5-3-4-6-26(20)27-15-16-42-31(27)37-29(40)18-23-17-28(23)21-7-9-22(10-8-21)30-36-19-39(38-30)24-11-13-25(14-12-24)41-32(33,34)35/h3-14,19,23,27-28H,2,15-18H2,1H3. The molecule has 1 aliphatic carbocycles. The van der Waals surface area contributed by atoms with Gasteiger partial charge in [0.05, 0.1) is 10.7 Å². The first-order valence-corrected chi connectivity index (χ1v) is 15.0. The Morgan fingerprint density at radius 1 is 1.07 bits per heavy atom. The molecule has 1 aliphatic heterocycles. The van der Waals surface area contributed by atoms with Crippen molar-refractivity contribution in [3.63, 3.8) is 0 Å². The van der Waals surface area contributed by atoms with Gasteiger partial charge in [-0.2, -0.15) is 0 Å². The minimum atomic E-state index is -4.74. The molecule has 4 aromatic rings. The summed E-state index contributed by atoms with van der Waals surface area (Å²) in [7, 11) is 0. The molecule has 1 saturated carbocycles. The van der Waals surface area contributed by atoms with Crippen LogP contribution in [-0.2, 0) is 11.2 Å². The van der Waals surface area contributed by atoms with E-state index < -0.39 is 6.36 Å². The Hall–Kier alpha value is -3.92. The highest BCUT2D eigenvalue weighted by Gasteiger charge is 2.40. The molecule has 3 atom stereocenters. The van der Waals surface area contributed by atoms with Gasteiger partial charge in [-0.1, -0.05) is 55.5 Å². The van der Waals surface area contributed by atoms with E-state index in [9.17, 15) is 18.0 Å².